The molecule has 0 aromatic rings. The van der Waals surface area contributed by atoms with Crippen LogP contribution in [0.4, 0.5) is 0 Å². The Morgan fingerprint density at radius 2 is 2.09 bits per heavy atom. The van der Waals surface area contributed by atoms with Crippen LogP contribution in [0.15, 0.2) is 0 Å². The van der Waals surface area contributed by atoms with Gasteiger partial charge in [-0.25, -0.2) is 0 Å². The molecule has 0 saturated heterocycles. The van der Waals surface area contributed by atoms with E-state index in [1.165, 1.54) is 32.1 Å². The van der Waals surface area contributed by atoms with Crippen LogP contribution >= 0.6 is 0 Å². The van der Waals surface area contributed by atoms with Gasteiger partial charge in [0, 0.05) is 18.1 Å². The average Bonchev–Trinajstić information content (AvgIpc) is 2.67. The van der Waals surface area contributed by atoms with Gasteiger partial charge in [0.05, 0.1) is 0 Å². The maximum absolute atomic E-state index is 3.74. The van der Waals surface area contributed by atoms with Crippen LogP contribution in [-0.2, 0) is 0 Å². The zero-order chi connectivity index (χ0) is 7.73. The van der Waals surface area contributed by atoms with Gasteiger partial charge in [-0.1, -0.05) is 0 Å². The van der Waals surface area contributed by atoms with Crippen molar-refractivity contribution in [3.05, 3.63) is 0 Å². The van der Waals surface area contributed by atoms with E-state index in [4.69, 9.17) is 0 Å². The quantitative estimate of drug-likeness (QED) is 0.628. The average molecular weight is 154 g/mol. The summed E-state index contributed by atoms with van der Waals surface area (Å²) in [5.41, 5.74) is 0.496. The molecule has 0 unspecified atom stereocenters. The monoisotopic (exact) mass is 154 g/mol. The van der Waals surface area contributed by atoms with Crippen molar-refractivity contribution in [2.75, 3.05) is 13.6 Å². The summed E-state index contributed by atoms with van der Waals surface area (Å²) in [6, 6.07) is 0.864. The Morgan fingerprint density at radius 1 is 1.36 bits per heavy atom. The maximum Gasteiger partial charge on any atom is 0.0308 e. The summed E-state index contributed by atoms with van der Waals surface area (Å²) in [6.07, 6.45) is 6.99. The molecule has 0 aromatic carbocycles. The van der Waals surface area contributed by atoms with Gasteiger partial charge in [0.25, 0.3) is 0 Å². The molecule has 2 aliphatic carbocycles. The molecule has 2 rings (SSSR count). The molecule has 0 heterocycles. The van der Waals surface area contributed by atoms with Crippen molar-refractivity contribution in [1.29, 1.82) is 0 Å². The second kappa shape index (κ2) is 2.76. The van der Waals surface area contributed by atoms with Crippen LogP contribution in [0.5, 0.6) is 0 Å². The van der Waals surface area contributed by atoms with Gasteiger partial charge in [0.15, 0.2) is 0 Å². The molecule has 64 valence electrons. The highest BCUT2D eigenvalue weighted by Gasteiger charge is 2.40. The third-order valence-electron chi connectivity index (χ3n) is 2.91. The first-order chi connectivity index (χ1) is 5.35. The van der Waals surface area contributed by atoms with Crippen LogP contribution in [0.2, 0.25) is 0 Å². The van der Waals surface area contributed by atoms with Gasteiger partial charge in [-0.2, -0.15) is 0 Å². The minimum atomic E-state index is 0.496. The Labute approximate surface area is 68.7 Å². The normalized spacial score (nSPS) is 28.1. The standard InChI is InChI=1S/C9H18N2/c1-10-7-9(5-2-6-9)11-8-3-4-8/h8,10-11H,2-7H2,1H3. The highest BCUT2D eigenvalue weighted by atomic mass is 15.1. The summed E-state index contributed by atoms with van der Waals surface area (Å²) in [5.74, 6) is 0. The van der Waals surface area contributed by atoms with Gasteiger partial charge in [-0.3, -0.25) is 0 Å². The molecule has 0 spiro atoms. The van der Waals surface area contributed by atoms with Gasteiger partial charge in [0.1, 0.15) is 0 Å². The van der Waals surface area contributed by atoms with Crippen LogP contribution in [-0.4, -0.2) is 25.2 Å². The lowest BCUT2D eigenvalue weighted by atomic mass is 9.76. The summed E-state index contributed by atoms with van der Waals surface area (Å²) in [4.78, 5) is 0. The van der Waals surface area contributed by atoms with Gasteiger partial charge >= 0.3 is 0 Å². The van der Waals surface area contributed by atoms with Gasteiger partial charge < -0.3 is 10.6 Å². The van der Waals surface area contributed by atoms with Gasteiger partial charge in [0.2, 0.25) is 0 Å². The number of likely N-dealkylation sites (N-methyl/N-ethyl adjacent to an activating group) is 1. The van der Waals surface area contributed by atoms with Crippen molar-refractivity contribution < 1.29 is 0 Å². The molecule has 0 radical (unpaired) electrons. The van der Waals surface area contributed by atoms with Crippen molar-refractivity contribution in [2.45, 2.75) is 43.7 Å². The summed E-state index contributed by atoms with van der Waals surface area (Å²) in [6.45, 7) is 1.16. The van der Waals surface area contributed by atoms with E-state index >= 15 is 0 Å². The second-order valence-corrected chi connectivity index (χ2v) is 4.08. The summed E-state index contributed by atoms with van der Waals surface area (Å²) in [5, 5.41) is 7.02. The van der Waals surface area contributed by atoms with Gasteiger partial charge in [-0.05, 0) is 39.2 Å². The summed E-state index contributed by atoms with van der Waals surface area (Å²) >= 11 is 0. The molecule has 0 aliphatic heterocycles. The van der Waals surface area contributed by atoms with Crippen molar-refractivity contribution >= 4 is 0 Å². The Balaban J connectivity index is 1.81. The molecular weight excluding hydrogens is 136 g/mol. The van der Waals surface area contributed by atoms with E-state index in [-0.39, 0.29) is 0 Å². The van der Waals surface area contributed by atoms with Gasteiger partial charge in [-0.15, -0.1) is 0 Å². The predicted molar refractivity (Wildman–Crippen MR) is 46.7 cm³/mol. The van der Waals surface area contributed by atoms with Crippen LogP contribution in [0.1, 0.15) is 32.1 Å². The van der Waals surface area contributed by atoms with E-state index in [1.54, 1.807) is 0 Å². The first-order valence-electron chi connectivity index (χ1n) is 4.77. The lowest BCUT2D eigenvalue weighted by molar-refractivity contribution is 0.180. The third kappa shape index (κ3) is 1.57. The highest BCUT2D eigenvalue weighted by molar-refractivity contribution is 5.01. The van der Waals surface area contributed by atoms with Crippen LogP contribution in [0.3, 0.4) is 0 Å². The van der Waals surface area contributed by atoms with Crippen molar-refractivity contribution in [2.24, 2.45) is 0 Å². The lowest BCUT2D eigenvalue weighted by Gasteiger charge is -2.43. The topological polar surface area (TPSA) is 24.1 Å². The molecule has 0 amide bonds. The molecule has 2 N–H and O–H groups in total. The Kier molecular flexibility index (Phi) is 1.90. The highest BCUT2D eigenvalue weighted by Crippen LogP contribution is 2.35. The van der Waals surface area contributed by atoms with Crippen molar-refractivity contribution in [3.8, 4) is 0 Å². The smallest absolute Gasteiger partial charge is 0.0308 e. The Hall–Kier alpha value is -0.0800. The van der Waals surface area contributed by atoms with Crippen LogP contribution in [0, 0.1) is 0 Å². The lowest BCUT2D eigenvalue weighted by Crippen LogP contribution is -2.57. The first kappa shape index (κ1) is 7.56. The second-order valence-electron chi connectivity index (χ2n) is 4.08. The van der Waals surface area contributed by atoms with E-state index in [1.807, 2.05) is 0 Å². The van der Waals surface area contributed by atoms with Crippen LogP contribution < -0.4 is 10.6 Å². The van der Waals surface area contributed by atoms with Crippen molar-refractivity contribution in [3.63, 3.8) is 0 Å². The zero-order valence-electron chi connectivity index (χ0n) is 7.32. The third-order valence-corrected chi connectivity index (χ3v) is 2.91. The van der Waals surface area contributed by atoms with E-state index < -0.39 is 0 Å². The summed E-state index contributed by atoms with van der Waals surface area (Å²) in [7, 11) is 2.05. The number of nitrogens with one attached hydrogen (secondary N) is 2. The maximum atomic E-state index is 3.74. The minimum Gasteiger partial charge on any atom is -0.318 e. The Bertz CT molecular complexity index is 136. The zero-order valence-corrected chi connectivity index (χ0v) is 7.32. The molecule has 11 heavy (non-hydrogen) atoms. The van der Waals surface area contributed by atoms with E-state index in [9.17, 15) is 0 Å². The molecule has 0 atom stereocenters. The molecular formula is C9H18N2. The molecule has 2 saturated carbocycles. The molecule has 0 aromatic heterocycles. The van der Waals surface area contributed by atoms with Crippen molar-refractivity contribution in [1.82, 2.24) is 10.6 Å². The number of rotatable bonds is 4. The van der Waals surface area contributed by atoms with E-state index in [0.717, 1.165) is 12.6 Å². The fourth-order valence-corrected chi connectivity index (χ4v) is 1.97. The molecule has 2 aliphatic rings. The SMILES string of the molecule is CNCC1(NC2CC2)CCC1. The van der Waals surface area contributed by atoms with Crippen LogP contribution in [0.25, 0.3) is 0 Å². The largest absolute Gasteiger partial charge is 0.318 e. The number of hydrogen-bond acceptors (Lipinski definition) is 2. The molecule has 2 heteroatoms. The number of hydrogen-bond donors (Lipinski definition) is 2. The fourth-order valence-electron chi connectivity index (χ4n) is 1.97. The molecule has 0 bridgehead atoms. The minimum absolute atomic E-state index is 0.496. The first-order valence-corrected chi connectivity index (χ1v) is 4.77. The molecule has 2 fully saturated rings. The Morgan fingerprint density at radius 3 is 2.45 bits per heavy atom. The van der Waals surface area contributed by atoms with E-state index in [0.29, 0.717) is 5.54 Å². The fraction of sp³-hybridized carbons (Fsp3) is 1.00. The predicted octanol–water partition coefficient (Wildman–Crippen LogP) is 0.880. The summed E-state index contributed by atoms with van der Waals surface area (Å²) < 4.78 is 0. The molecule has 2 nitrogen and oxygen atoms in total. The van der Waals surface area contributed by atoms with E-state index in [2.05, 4.69) is 17.7 Å².